The molecule has 0 amide bonds. The molecule has 1 unspecified atom stereocenters. The number of nitrogens with one attached hydrogen (secondary N) is 1. The monoisotopic (exact) mass is 872 g/mol. The van der Waals surface area contributed by atoms with Crippen molar-refractivity contribution in [3.8, 4) is 44.5 Å². The van der Waals surface area contributed by atoms with E-state index < -0.39 is 11.6 Å². The van der Waals surface area contributed by atoms with E-state index in [1.807, 2.05) is 12.1 Å². The predicted molar refractivity (Wildman–Crippen MR) is 281 cm³/mol. The van der Waals surface area contributed by atoms with Gasteiger partial charge in [-0.15, -0.1) is 0 Å². The lowest BCUT2D eigenvalue weighted by Gasteiger charge is -2.45. The van der Waals surface area contributed by atoms with E-state index in [-0.39, 0.29) is 0 Å². The van der Waals surface area contributed by atoms with Crippen LogP contribution in [0.2, 0.25) is 0 Å². The number of fused-ring (bicyclic) bond motifs is 9. The number of hydrogen-bond donors (Lipinski definition) is 2. The van der Waals surface area contributed by atoms with Gasteiger partial charge in [-0.05, 0) is 120 Å². The molecule has 4 nitrogen and oxygen atoms in total. The van der Waals surface area contributed by atoms with E-state index in [4.69, 9.17) is 10.7 Å². The van der Waals surface area contributed by atoms with Gasteiger partial charge in [0.1, 0.15) is 12.0 Å². The van der Waals surface area contributed by atoms with Crippen molar-refractivity contribution >= 4 is 22.9 Å². The largest absolute Gasteiger partial charge is 0.351 e. The third kappa shape index (κ3) is 7.11. The van der Waals surface area contributed by atoms with Gasteiger partial charge in [-0.1, -0.05) is 212 Å². The van der Waals surface area contributed by atoms with Gasteiger partial charge in [0.15, 0.2) is 0 Å². The molecule has 10 aromatic rings. The summed E-state index contributed by atoms with van der Waals surface area (Å²) in [7, 11) is 0. The normalized spacial score (nSPS) is 13.5. The molecule has 1 heterocycles. The summed E-state index contributed by atoms with van der Waals surface area (Å²) in [6.07, 6.45) is -0.469. The number of rotatable bonds is 9. The summed E-state index contributed by atoms with van der Waals surface area (Å²) in [5.74, 6) is 0.746. The van der Waals surface area contributed by atoms with Crippen molar-refractivity contribution in [2.75, 3.05) is 4.90 Å². The molecule has 324 valence electrons. The summed E-state index contributed by atoms with van der Waals surface area (Å²) in [6, 6.07) is 91.6. The number of nitrogens with two attached hydrogens (primary N) is 1. The van der Waals surface area contributed by atoms with Crippen LogP contribution in [0.15, 0.2) is 260 Å². The first-order chi connectivity index (χ1) is 33.6. The molecule has 0 saturated carbocycles. The fourth-order valence-corrected chi connectivity index (χ4v) is 10.6. The molecule has 2 aliphatic rings. The van der Waals surface area contributed by atoms with Gasteiger partial charge < -0.3 is 16.0 Å². The minimum absolute atomic E-state index is 0.469. The van der Waals surface area contributed by atoms with Gasteiger partial charge >= 0.3 is 0 Å². The van der Waals surface area contributed by atoms with Crippen molar-refractivity contribution in [1.29, 1.82) is 0 Å². The van der Waals surface area contributed by atoms with Gasteiger partial charge in [-0.2, -0.15) is 0 Å². The highest BCUT2D eigenvalue weighted by Gasteiger charge is 2.51. The van der Waals surface area contributed by atoms with Crippen molar-refractivity contribution in [2.45, 2.75) is 18.1 Å². The maximum atomic E-state index is 6.92. The second-order valence-electron chi connectivity index (χ2n) is 17.7. The maximum Gasteiger partial charge on any atom is 0.130 e. The van der Waals surface area contributed by atoms with Crippen LogP contribution in [0, 0.1) is 0 Å². The van der Waals surface area contributed by atoms with Gasteiger partial charge in [-0.25, -0.2) is 0 Å². The molecule has 0 saturated heterocycles. The van der Waals surface area contributed by atoms with Crippen LogP contribution in [0.3, 0.4) is 0 Å². The Bertz CT molecular complexity index is 3420. The van der Waals surface area contributed by atoms with Gasteiger partial charge in [0.2, 0.25) is 0 Å². The van der Waals surface area contributed by atoms with Crippen LogP contribution in [-0.4, -0.2) is 5.84 Å². The van der Waals surface area contributed by atoms with E-state index in [0.29, 0.717) is 6.54 Å². The van der Waals surface area contributed by atoms with Crippen LogP contribution >= 0.6 is 0 Å². The molecule has 0 aromatic heterocycles. The molecule has 12 rings (SSSR count). The summed E-state index contributed by atoms with van der Waals surface area (Å²) >= 11 is 0. The Morgan fingerprint density at radius 3 is 1.62 bits per heavy atom. The number of hydrogen-bond acceptors (Lipinski definition) is 3. The van der Waals surface area contributed by atoms with Crippen LogP contribution < -0.4 is 16.0 Å². The van der Waals surface area contributed by atoms with Crippen molar-refractivity contribution < 1.29 is 0 Å². The predicted octanol–water partition coefficient (Wildman–Crippen LogP) is 15.0. The van der Waals surface area contributed by atoms with E-state index in [2.05, 4.69) is 253 Å². The number of amidine groups is 1. The van der Waals surface area contributed by atoms with Crippen molar-refractivity contribution in [1.82, 2.24) is 5.32 Å². The van der Waals surface area contributed by atoms with E-state index in [9.17, 15) is 0 Å². The van der Waals surface area contributed by atoms with Gasteiger partial charge in [-0.3, -0.25) is 4.99 Å². The zero-order chi connectivity index (χ0) is 45.4. The number of anilines is 3. The molecule has 1 spiro atoms. The summed E-state index contributed by atoms with van der Waals surface area (Å²) in [4.78, 5) is 7.58. The van der Waals surface area contributed by atoms with E-state index in [1.54, 1.807) is 0 Å². The molecule has 0 fully saturated rings. The Labute approximate surface area is 398 Å². The van der Waals surface area contributed by atoms with Crippen LogP contribution in [0.1, 0.15) is 45.1 Å². The first-order valence-corrected chi connectivity index (χ1v) is 23.4. The second-order valence-corrected chi connectivity index (χ2v) is 17.7. The van der Waals surface area contributed by atoms with Gasteiger partial charge in [0.05, 0.1) is 23.3 Å². The molecule has 4 heteroatoms. The van der Waals surface area contributed by atoms with Crippen LogP contribution in [0.25, 0.3) is 44.5 Å². The van der Waals surface area contributed by atoms with E-state index in [1.165, 1.54) is 55.9 Å². The zero-order valence-electron chi connectivity index (χ0n) is 37.5. The second kappa shape index (κ2) is 17.3. The average Bonchev–Trinajstić information content (AvgIpc) is 3.70. The highest BCUT2D eigenvalue weighted by Crippen LogP contribution is 2.63. The number of aliphatic imine (C=N–C) groups is 1. The maximum absolute atomic E-state index is 6.92. The Hall–Kier alpha value is -8.57. The summed E-state index contributed by atoms with van der Waals surface area (Å²) < 4.78 is 0. The average molecular weight is 873 g/mol. The molecule has 68 heavy (non-hydrogen) atoms. The molecular formula is C64H48N4. The summed E-state index contributed by atoms with van der Waals surface area (Å²) in [5.41, 5.74) is 27.7. The Morgan fingerprint density at radius 2 is 0.926 bits per heavy atom. The third-order valence-corrected chi connectivity index (χ3v) is 13.8. The van der Waals surface area contributed by atoms with Crippen molar-refractivity contribution in [2.24, 2.45) is 10.7 Å². The molecule has 0 bridgehead atoms. The number of benzene rings is 10. The number of para-hydroxylation sites is 3. The fraction of sp³-hybridized carbons (Fsp3) is 0.0469. The standard InChI is InChI=1S/C64H48N4/c65-62(47-36-34-46(35-37-47)45-20-6-2-7-21-45)67-63(66-43-44-18-4-1-5-19-44)52-25-17-24-50(41-52)48-22-16-23-49(40-48)51-38-39-57-55(42-51)54-28-10-11-29-56(54)64(57)58-30-12-14-32-60(58)68(53-26-8-3-9-27-53)61-33-15-13-31-59(61)64/h1-42,62H,43,65H2,(H,66,67). The van der Waals surface area contributed by atoms with Gasteiger partial charge in [0.25, 0.3) is 0 Å². The zero-order valence-corrected chi connectivity index (χ0v) is 37.5. The lowest BCUT2D eigenvalue weighted by molar-refractivity contribution is 0.679. The quantitative estimate of drug-likeness (QED) is 0.0863. The Kier molecular flexibility index (Phi) is 10.4. The third-order valence-electron chi connectivity index (χ3n) is 13.8. The first kappa shape index (κ1) is 40.9. The fourth-order valence-electron chi connectivity index (χ4n) is 10.6. The van der Waals surface area contributed by atoms with Crippen LogP contribution in [-0.2, 0) is 12.0 Å². The van der Waals surface area contributed by atoms with Crippen molar-refractivity contribution in [3.05, 3.63) is 294 Å². The molecule has 1 atom stereocenters. The van der Waals surface area contributed by atoms with Crippen LogP contribution in [0.5, 0.6) is 0 Å². The minimum Gasteiger partial charge on any atom is -0.351 e. The smallest absolute Gasteiger partial charge is 0.130 e. The SMILES string of the molecule is NC(NC(=NCc1ccccc1)c1cccc(-c2cccc(-c3ccc4c(c3)-c3ccccc3C43c4ccccc4N(c4ccccc4)c4ccccc43)c2)c1)c1ccc(-c2ccccc2)cc1. The van der Waals surface area contributed by atoms with Crippen molar-refractivity contribution in [3.63, 3.8) is 0 Å². The topological polar surface area (TPSA) is 53.6 Å². The van der Waals surface area contributed by atoms with Crippen LogP contribution in [0.4, 0.5) is 17.1 Å². The number of nitrogens with zero attached hydrogens (tertiary/aromatic N) is 2. The molecule has 3 N–H and O–H groups in total. The highest BCUT2D eigenvalue weighted by atomic mass is 15.2. The summed E-state index contributed by atoms with van der Waals surface area (Å²) in [5, 5.41) is 3.60. The Balaban J connectivity index is 0.904. The van der Waals surface area contributed by atoms with E-state index in [0.717, 1.165) is 50.5 Å². The van der Waals surface area contributed by atoms with E-state index >= 15 is 0 Å². The lowest BCUT2D eigenvalue weighted by atomic mass is 9.64. The molecule has 10 aromatic carbocycles. The van der Waals surface area contributed by atoms with Gasteiger partial charge in [0, 0.05) is 11.3 Å². The Morgan fingerprint density at radius 1 is 0.426 bits per heavy atom. The lowest BCUT2D eigenvalue weighted by Crippen LogP contribution is -2.36. The molecule has 1 aliphatic heterocycles. The highest BCUT2D eigenvalue weighted by molar-refractivity contribution is 6.00. The minimum atomic E-state index is -0.493. The first-order valence-electron chi connectivity index (χ1n) is 23.4. The summed E-state index contributed by atoms with van der Waals surface area (Å²) in [6.45, 7) is 0.522. The molecule has 1 aliphatic carbocycles. The molecular weight excluding hydrogens is 825 g/mol. The molecule has 0 radical (unpaired) electrons.